The lowest BCUT2D eigenvalue weighted by Crippen LogP contribution is -2.19. The Morgan fingerprint density at radius 2 is 2.41 bits per heavy atom. The fraction of sp³-hybridized carbons (Fsp3) is 0.500. The summed E-state index contributed by atoms with van der Waals surface area (Å²) in [5.41, 5.74) is 1.46. The summed E-state index contributed by atoms with van der Waals surface area (Å²) in [4.78, 5) is 4.33. The highest BCUT2D eigenvalue weighted by molar-refractivity contribution is 5.78. The minimum Gasteiger partial charge on any atom is -0.390 e. The van der Waals surface area contributed by atoms with Gasteiger partial charge in [-0.2, -0.15) is 5.10 Å². The Bertz CT molecular complexity index is 517. The third-order valence-electron chi connectivity index (χ3n) is 3.12. The SMILES string of the molecule is OCc1nn(C2CCCCO2)c2ncccc12. The Balaban J connectivity index is 2.08. The van der Waals surface area contributed by atoms with Crippen molar-refractivity contribution in [3.05, 3.63) is 24.0 Å². The first-order valence-corrected chi connectivity index (χ1v) is 5.94. The van der Waals surface area contributed by atoms with E-state index >= 15 is 0 Å². The normalized spacial score (nSPS) is 20.9. The van der Waals surface area contributed by atoms with Gasteiger partial charge in [0.1, 0.15) is 0 Å². The Labute approximate surface area is 99.0 Å². The molecule has 90 valence electrons. The quantitative estimate of drug-likeness (QED) is 0.856. The van der Waals surface area contributed by atoms with Crippen LogP contribution in [0.1, 0.15) is 31.2 Å². The number of rotatable bonds is 2. The number of ether oxygens (including phenoxy) is 1. The fourth-order valence-electron chi connectivity index (χ4n) is 2.27. The summed E-state index contributed by atoms with van der Waals surface area (Å²) in [7, 11) is 0. The third kappa shape index (κ3) is 1.81. The van der Waals surface area contributed by atoms with Crippen LogP contribution in [0.2, 0.25) is 0 Å². The zero-order chi connectivity index (χ0) is 11.7. The van der Waals surface area contributed by atoms with Gasteiger partial charge in [0.05, 0.1) is 12.3 Å². The molecule has 1 unspecified atom stereocenters. The summed E-state index contributed by atoms with van der Waals surface area (Å²) in [5.74, 6) is 0. The van der Waals surface area contributed by atoms with Gasteiger partial charge in [-0.15, -0.1) is 0 Å². The summed E-state index contributed by atoms with van der Waals surface area (Å²) >= 11 is 0. The van der Waals surface area contributed by atoms with E-state index in [1.165, 1.54) is 0 Å². The maximum Gasteiger partial charge on any atom is 0.160 e. The number of aliphatic hydroxyl groups is 1. The molecule has 0 aliphatic carbocycles. The average Bonchev–Trinajstić information content (AvgIpc) is 2.78. The second-order valence-electron chi connectivity index (χ2n) is 4.25. The first-order chi connectivity index (χ1) is 8.40. The first kappa shape index (κ1) is 10.7. The molecule has 1 N–H and O–H groups in total. The van der Waals surface area contributed by atoms with Gasteiger partial charge in [-0.25, -0.2) is 9.67 Å². The molecule has 0 amide bonds. The van der Waals surface area contributed by atoms with Crippen LogP contribution in [-0.2, 0) is 11.3 Å². The van der Waals surface area contributed by atoms with E-state index < -0.39 is 0 Å². The lowest BCUT2D eigenvalue weighted by atomic mass is 10.2. The number of hydrogen-bond acceptors (Lipinski definition) is 4. The monoisotopic (exact) mass is 233 g/mol. The van der Waals surface area contributed by atoms with Gasteiger partial charge in [0.25, 0.3) is 0 Å². The van der Waals surface area contributed by atoms with Crippen molar-refractivity contribution in [2.75, 3.05) is 6.61 Å². The maximum absolute atomic E-state index is 9.30. The van der Waals surface area contributed by atoms with Crippen LogP contribution in [-0.4, -0.2) is 26.5 Å². The number of pyridine rings is 1. The molecule has 3 heterocycles. The third-order valence-corrected chi connectivity index (χ3v) is 3.12. The Hall–Kier alpha value is -1.46. The summed E-state index contributed by atoms with van der Waals surface area (Å²) in [6.45, 7) is 0.704. The van der Waals surface area contributed by atoms with Crippen LogP contribution < -0.4 is 0 Å². The zero-order valence-electron chi connectivity index (χ0n) is 9.54. The van der Waals surface area contributed by atoms with Gasteiger partial charge in [-0.1, -0.05) is 0 Å². The second-order valence-corrected chi connectivity index (χ2v) is 4.25. The van der Waals surface area contributed by atoms with Crippen molar-refractivity contribution in [2.45, 2.75) is 32.1 Å². The highest BCUT2D eigenvalue weighted by atomic mass is 16.5. The van der Waals surface area contributed by atoms with Crippen molar-refractivity contribution < 1.29 is 9.84 Å². The molecule has 3 rings (SSSR count). The first-order valence-electron chi connectivity index (χ1n) is 5.94. The molecule has 1 atom stereocenters. The van der Waals surface area contributed by atoms with E-state index in [-0.39, 0.29) is 12.8 Å². The van der Waals surface area contributed by atoms with E-state index in [2.05, 4.69) is 10.1 Å². The molecule has 0 spiro atoms. The van der Waals surface area contributed by atoms with Crippen molar-refractivity contribution in [3.8, 4) is 0 Å². The lowest BCUT2D eigenvalue weighted by molar-refractivity contribution is -0.0374. The highest BCUT2D eigenvalue weighted by Crippen LogP contribution is 2.26. The average molecular weight is 233 g/mol. The summed E-state index contributed by atoms with van der Waals surface area (Å²) in [6.07, 6.45) is 4.91. The molecule has 5 heteroatoms. The van der Waals surface area contributed by atoms with Crippen molar-refractivity contribution in [1.29, 1.82) is 0 Å². The predicted molar refractivity (Wildman–Crippen MR) is 62.3 cm³/mol. The smallest absolute Gasteiger partial charge is 0.160 e. The molecule has 5 nitrogen and oxygen atoms in total. The summed E-state index contributed by atoms with van der Waals surface area (Å²) < 4.78 is 7.51. The van der Waals surface area contributed by atoms with E-state index in [9.17, 15) is 5.11 Å². The number of aromatic nitrogens is 3. The van der Waals surface area contributed by atoms with Crippen molar-refractivity contribution in [3.63, 3.8) is 0 Å². The topological polar surface area (TPSA) is 60.2 Å². The number of aliphatic hydroxyl groups excluding tert-OH is 1. The van der Waals surface area contributed by atoms with Crippen LogP contribution in [0.5, 0.6) is 0 Å². The minimum absolute atomic E-state index is 0.0403. The molecule has 0 radical (unpaired) electrons. The lowest BCUT2D eigenvalue weighted by Gasteiger charge is -2.22. The highest BCUT2D eigenvalue weighted by Gasteiger charge is 2.21. The van der Waals surface area contributed by atoms with Gasteiger partial charge in [-0.3, -0.25) is 0 Å². The van der Waals surface area contributed by atoms with Crippen LogP contribution in [0.4, 0.5) is 0 Å². The zero-order valence-corrected chi connectivity index (χ0v) is 9.54. The Morgan fingerprint density at radius 3 is 3.18 bits per heavy atom. The predicted octanol–water partition coefficient (Wildman–Crippen LogP) is 1.62. The molecule has 0 bridgehead atoms. The van der Waals surface area contributed by atoms with Crippen LogP contribution >= 0.6 is 0 Å². The number of fused-ring (bicyclic) bond motifs is 1. The van der Waals surface area contributed by atoms with E-state index in [4.69, 9.17) is 4.74 Å². The summed E-state index contributed by atoms with van der Waals surface area (Å²) in [5, 5.41) is 14.6. The minimum atomic E-state index is -0.0675. The van der Waals surface area contributed by atoms with E-state index in [0.717, 1.165) is 36.9 Å². The summed E-state index contributed by atoms with van der Waals surface area (Å²) in [6, 6.07) is 3.79. The molecule has 1 aliphatic rings. The van der Waals surface area contributed by atoms with Crippen LogP contribution in [0.15, 0.2) is 18.3 Å². The molecule has 2 aromatic heterocycles. The molecular formula is C12H15N3O2. The van der Waals surface area contributed by atoms with E-state index in [0.29, 0.717) is 5.69 Å². The largest absolute Gasteiger partial charge is 0.390 e. The van der Waals surface area contributed by atoms with Gasteiger partial charge in [-0.05, 0) is 31.4 Å². The van der Waals surface area contributed by atoms with Gasteiger partial charge in [0.2, 0.25) is 0 Å². The van der Waals surface area contributed by atoms with Gasteiger partial charge in [0, 0.05) is 18.2 Å². The van der Waals surface area contributed by atoms with E-state index in [1.54, 1.807) is 10.9 Å². The van der Waals surface area contributed by atoms with Gasteiger partial charge >= 0.3 is 0 Å². The molecule has 0 aromatic carbocycles. The standard InChI is InChI=1S/C12H15N3O2/c16-8-10-9-4-3-6-13-12(9)15(14-10)11-5-1-2-7-17-11/h3-4,6,11,16H,1-2,5,7-8H2. The van der Waals surface area contributed by atoms with Crippen LogP contribution in [0.25, 0.3) is 11.0 Å². The van der Waals surface area contributed by atoms with Gasteiger partial charge < -0.3 is 9.84 Å². The second kappa shape index (κ2) is 4.43. The molecule has 0 saturated carbocycles. The van der Waals surface area contributed by atoms with Gasteiger partial charge in [0.15, 0.2) is 11.9 Å². The number of hydrogen-bond donors (Lipinski definition) is 1. The van der Waals surface area contributed by atoms with E-state index in [1.807, 2.05) is 12.1 Å². The maximum atomic E-state index is 9.30. The molecule has 1 saturated heterocycles. The Morgan fingerprint density at radius 1 is 1.47 bits per heavy atom. The van der Waals surface area contributed by atoms with Crippen LogP contribution in [0.3, 0.4) is 0 Å². The van der Waals surface area contributed by atoms with Crippen LogP contribution in [0, 0.1) is 0 Å². The molecule has 17 heavy (non-hydrogen) atoms. The molecular weight excluding hydrogens is 218 g/mol. The van der Waals surface area contributed by atoms with Crippen molar-refractivity contribution in [2.24, 2.45) is 0 Å². The Kier molecular flexibility index (Phi) is 2.78. The molecule has 1 fully saturated rings. The van der Waals surface area contributed by atoms with Crippen molar-refractivity contribution >= 4 is 11.0 Å². The fourth-order valence-corrected chi connectivity index (χ4v) is 2.27. The number of nitrogens with zero attached hydrogens (tertiary/aromatic N) is 3. The molecule has 1 aliphatic heterocycles. The van der Waals surface area contributed by atoms with Crippen molar-refractivity contribution in [1.82, 2.24) is 14.8 Å². The molecule has 2 aromatic rings.